The Hall–Kier alpha value is -3.38. The van der Waals surface area contributed by atoms with Crippen LogP contribution < -0.4 is 5.49 Å². The summed E-state index contributed by atoms with van der Waals surface area (Å²) >= 11 is 0. The van der Waals surface area contributed by atoms with E-state index in [0.717, 1.165) is 11.1 Å². The van der Waals surface area contributed by atoms with Crippen LogP contribution in [0.2, 0.25) is 0 Å². The smallest absolute Gasteiger partial charge is 0.263 e. The van der Waals surface area contributed by atoms with Crippen molar-refractivity contribution in [3.63, 3.8) is 0 Å². The molecule has 1 heterocycles. The van der Waals surface area contributed by atoms with Gasteiger partial charge in [-0.1, -0.05) is 36.1 Å². The lowest BCUT2D eigenvalue weighted by Gasteiger charge is -2.07. The second-order valence-electron chi connectivity index (χ2n) is 6.15. The molecule has 1 aromatic heterocycles. The SMILES string of the molecule is CC(C)N=c1ccccn1C(=O)c1ccc(C#Cc2ccccc2)cc1. The highest BCUT2D eigenvalue weighted by Gasteiger charge is 2.08. The Balaban J connectivity index is 1.86. The molecule has 0 radical (unpaired) electrons. The highest BCUT2D eigenvalue weighted by molar-refractivity contribution is 5.95. The van der Waals surface area contributed by atoms with Crippen molar-refractivity contribution < 1.29 is 4.79 Å². The molecule has 3 rings (SSSR count). The van der Waals surface area contributed by atoms with Crippen LogP contribution in [0.1, 0.15) is 35.3 Å². The molecule has 0 saturated heterocycles. The molecule has 0 aliphatic rings. The van der Waals surface area contributed by atoms with Gasteiger partial charge in [0.2, 0.25) is 0 Å². The summed E-state index contributed by atoms with van der Waals surface area (Å²) in [4.78, 5) is 17.3. The molecule has 0 unspecified atom stereocenters. The van der Waals surface area contributed by atoms with Crippen LogP contribution in [-0.2, 0) is 0 Å². The van der Waals surface area contributed by atoms with Crippen LogP contribution in [0.5, 0.6) is 0 Å². The van der Waals surface area contributed by atoms with E-state index >= 15 is 0 Å². The summed E-state index contributed by atoms with van der Waals surface area (Å²) in [5.41, 5.74) is 3.09. The molecule has 3 aromatic rings. The van der Waals surface area contributed by atoms with E-state index in [-0.39, 0.29) is 11.9 Å². The molecular weight excluding hydrogens is 320 g/mol. The highest BCUT2D eigenvalue weighted by Crippen LogP contribution is 2.06. The van der Waals surface area contributed by atoms with E-state index in [1.54, 1.807) is 22.9 Å². The number of hydrogen-bond acceptors (Lipinski definition) is 2. The molecule has 0 bridgehead atoms. The van der Waals surface area contributed by atoms with Gasteiger partial charge in [-0.2, -0.15) is 0 Å². The lowest BCUT2D eigenvalue weighted by Crippen LogP contribution is -2.28. The first-order valence-electron chi connectivity index (χ1n) is 8.57. The Morgan fingerprint density at radius 1 is 0.846 bits per heavy atom. The second kappa shape index (κ2) is 8.13. The first-order chi connectivity index (χ1) is 12.6. The van der Waals surface area contributed by atoms with Gasteiger partial charge < -0.3 is 0 Å². The zero-order valence-corrected chi connectivity index (χ0v) is 14.9. The lowest BCUT2D eigenvalue weighted by molar-refractivity contribution is 0.0954. The summed E-state index contributed by atoms with van der Waals surface area (Å²) in [6, 6.07) is 22.8. The molecular formula is C23H20N2O. The maximum atomic E-state index is 12.8. The van der Waals surface area contributed by atoms with E-state index in [4.69, 9.17) is 0 Å². The van der Waals surface area contributed by atoms with Gasteiger partial charge in [-0.3, -0.25) is 14.4 Å². The summed E-state index contributed by atoms with van der Waals surface area (Å²) in [5.74, 6) is 6.13. The Labute approximate surface area is 153 Å². The molecule has 128 valence electrons. The van der Waals surface area contributed by atoms with Gasteiger partial charge in [0.05, 0.1) is 0 Å². The zero-order chi connectivity index (χ0) is 18.4. The van der Waals surface area contributed by atoms with Gasteiger partial charge in [0, 0.05) is 28.9 Å². The number of carbonyl (C=O) groups is 1. The predicted octanol–water partition coefficient (Wildman–Crippen LogP) is 3.89. The van der Waals surface area contributed by atoms with Crippen molar-refractivity contribution in [1.82, 2.24) is 4.57 Å². The summed E-state index contributed by atoms with van der Waals surface area (Å²) < 4.78 is 1.57. The second-order valence-corrected chi connectivity index (χ2v) is 6.15. The quantitative estimate of drug-likeness (QED) is 0.652. The van der Waals surface area contributed by atoms with E-state index < -0.39 is 0 Å². The first kappa shape index (κ1) is 17.4. The molecule has 0 saturated carbocycles. The van der Waals surface area contributed by atoms with E-state index in [2.05, 4.69) is 16.8 Å². The van der Waals surface area contributed by atoms with Crippen LogP contribution in [0.4, 0.5) is 0 Å². The Bertz CT molecular complexity index is 1020. The molecule has 3 nitrogen and oxygen atoms in total. The Morgan fingerprint density at radius 2 is 1.46 bits per heavy atom. The van der Waals surface area contributed by atoms with Gasteiger partial charge in [0.15, 0.2) is 0 Å². The monoisotopic (exact) mass is 340 g/mol. The molecule has 0 fully saturated rings. The summed E-state index contributed by atoms with van der Waals surface area (Å²) in [5, 5.41) is 0. The maximum Gasteiger partial charge on any atom is 0.263 e. The molecule has 0 atom stereocenters. The summed E-state index contributed by atoms with van der Waals surface area (Å²) in [7, 11) is 0. The number of benzene rings is 2. The predicted molar refractivity (Wildman–Crippen MR) is 104 cm³/mol. The number of rotatable bonds is 2. The van der Waals surface area contributed by atoms with Gasteiger partial charge >= 0.3 is 0 Å². The number of pyridine rings is 1. The summed E-state index contributed by atoms with van der Waals surface area (Å²) in [6.45, 7) is 3.98. The summed E-state index contributed by atoms with van der Waals surface area (Å²) in [6.07, 6.45) is 1.74. The van der Waals surface area contributed by atoms with Crippen molar-refractivity contribution in [1.29, 1.82) is 0 Å². The average molecular weight is 340 g/mol. The van der Waals surface area contributed by atoms with Gasteiger partial charge in [-0.05, 0) is 62.4 Å². The molecule has 0 spiro atoms. The Morgan fingerprint density at radius 3 is 2.12 bits per heavy atom. The van der Waals surface area contributed by atoms with Crippen molar-refractivity contribution in [2.45, 2.75) is 19.9 Å². The van der Waals surface area contributed by atoms with Crippen molar-refractivity contribution in [3.05, 3.63) is 101 Å². The number of hydrogen-bond donors (Lipinski definition) is 0. The van der Waals surface area contributed by atoms with Crippen molar-refractivity contribution in [2.24, 2.45) is 4.99 Å². The molecule has 0 aliphatic heterocycles. The molecule has 0 N–H and O–H groups in total. The molecule has 3 heteroatoms. The number of nitrogens with zero attached hydrogens (tertiary/aromatic N) is 2. The van der Waals surface area contributed by atoms with E-state index in [1.165, 1.54) is 0 Å². The molecule has 0 amide bonds. The minimum Gasteiger partial charge on any atom is -0.268 e. The van der Waals surface area contributed by atoms with Crippen LogP contribution in [0.3, 0.4) is 0 Å². The van der Waals surface area contributed by atoms with Crippen LogP contribution in [0.15, 0.2) is 84.0 Å². The van der Waals surface area contributed by atoms with Crippen LogP contribution >= 0.6 is 0 Å². The van der Waals surface area contributed by atoms with E-state index in [9.17, 15) is 4.79 Å². The number of carbonyl (C=O) groups excluding carboxylic acids is 1. The standard InChI is InChI=1S/C23H20N2O/c1-18(2)24-22-10-6-7-17-25(22)23(26)21-15-13-20(14-16-21)12-11-19-8-4-3-5-9-19/h3-10,13-18H,1-2H3. The molecule has 0 aliphatic carbocycles. The minimum atomic E-state index is -0.104. The maximum absolute atomic E-state index is 12.8. The Kier molecular flexibility index (Phi) is 5.46. The van der Waals surface area contributed by atoms with Gasteiger partial charge in [-0.15, -0.1) is 0 Å². The normalized spacial score (nSPS) is 11.1. The van der Waals surface area contributed by atoms with Gasteiger partial charge in [0.1, 0.15) is 5.49 Å². The number of aromatic nitrogens is 1. The third-order valence-corrected chi connectivity index (χ3v) is 3.70. The van der Waals surface area contributed by atoms with Crippen molar-refractivity contribution >= 4 is 5.91 Å². The van der Waals surface area contributed by atoms with Crippen molar-refractivity contribution in [3.8, 4) is 11.8 Å². The first-order valence-corrected chi connectivity index (χ1v) is 8.57. The van der Waals surface area contributed by atoms with Gasteiger partial charge in [0.25, 0.3) is 5.91 Å². The minimum absolute atomic E-state index is 0.104. The third kappa shape index (κ3) is 4.37. The van der Waals surface area contributed by atoms with Crippen LogP contribution in [0.25, 0.3) is 0 Å². The third-order valence-electron chi connectivity index (χ3n) is 3.70. The van der Waals surface area contributed by atoms with Crippen LogP contribution in [-0.4, -0.2) is 16.5 Å². The zero-order valence-electron chi connectivity index (χ0n) is 14.9. The molecule has 26 heavy (non-hydrogen) atoms. The largest absolute Gasteiger partial charge is 0.268 e. The van der Waals surface area contributed by atoms with Crippen LogP contribution in [0, 0.1) is 11.8 Å². The lowest BCUT2D eigenvalue weighted by atomic mass is 10.1. The van der Waals surface area contributed by atoms with Crippen molar-refractivity contribution in [2.75, 3.05) is 0 Å². The van der Waals surface area contributed by atoms with Gasteiger partial charge in [-0.25, -0.2) is 0 Å². The molecule has 2 aromatic carbocycles. The van der Waals surface area contributed by atoms with E-state index in [0.29, 0.717) is 11.1 Å². The van der Waals surface area contributed by atoms with E-state index in [1.807, 2.05) is 74.5 Å². The fourth-order valence-electron chi connectivity index (χ4n) is 2.48. The average Bonchev–Trinajstić information content (AvgIpc) is 2.67. The topological polar surface area (TPSA) is 34.4 Å². The highest BCUT2D eigenvalue weighted by atomic mass is 16.2. The fraction of sp³-hybridized carbons (Fsp3) is 0.130. The fourth-order valence-corrected chi connectivity index (χ4v) is 2.48.